The molecule has 0 heterocycles. The van der Waals surface area contributed by atoms with Gasteiger partial charge in [-0.1, -0.05) is 11.8 Å². The Hall–Kier alpha value is -1.46. The molecule has 0 radical (unpaired) electrons. The van der Waals surface area contributed by atoms with Crippen LogP contribution in [0.5, 0.6) is 0 Å². The molecule has 0 saturated heterocycles. The van der Waals surface area contributed by atoms with Crippen LogP contribution in [0.25, 0.3) is 0 Å². The Morgan fingerprint density at radius 1 is 1.43 bits per heavy atom. The molecule has 0 aromatic heterocycles. The second-order valence-corrected chi connectivity index (χ2v) is 7.06. The van der Waals surface area contributed by atoms with Gasteiger partial charge in [0.1, 0.15) is 5.82 Å². The lowest BCUT2D eigenvalue weighted by atomic mass is 10.1. The van der Waals surface area contributed by atoms with Crippen molar-refractivity contribution < 1.29 is 17.9 Å². The Morgan fingerprint density at radius 2 is 2.05 bits per heavy atom. The minimum absolute atomic E-state index is 0.0865. The number of sulfonamides is 1. The van der Waals surface area contributed by atoms with Gasteiger partial charge in [0.05, 0.1) is 29.1 Å². The first-order valence-electron chi connectivity index (χ1n) is 6.25. The Balaban J connectivity index is 3.25. The van der Waals surface area contributed by atoms with Gasteiger partial charge in [0.15, 0.2) is 0 Å². The summed E-state index contributed by atoms with van der Waals surface area (Å²) >= 11 is 0. The van der Waals surface area contributed by atoms with Crippen LogP contribution in [-0.2, 0) is 10.0 Å². The average molecular weight is 314 g/mol. The molecule has 3 N–H and O–H groups in total. The van der Waals surface area contributed by atoms with E-state index in [0.29, 0.717) is 0 Å². The van der Waals surface area contributed by atoms with Crippen molar-refractivity contribution in [2.45, 2.75) is 24.3 Å². The molecule has 116 valence electrons. The lowest BCUT2D eigenvalue weighted by Gasteiger charge is -2.32. The third-order valence-electron chi connectivity index (χ3n) is 3.16. The number of aliphatic hydroxyl groups excluding tert-OH is 1. The van der Waals surface area contributed by atoms with E-state index in [1.165, 1.54) is 19.2 Å². The van der Waals surface area contributed by atoms with E-state index in [1.807, 2.05) is 0 Å². The number of hydrogen-bond acceptors (Lipinski definition) is 4. The number of likely N-dealkylation sites (N-methyl/N-ethyl adjacent to an activating group) is 1. The van der Waals surface area contributed by atoms with Gasteiger partial charge in [-0.15, -0.1) is 0 Å². The molecule has 0 saturated carbocycles. The smallest absolute Gasteiger partial charge is 0.243 e. The summed E-state index contributed by atoms with van der Waals surface area (Å²) in [7, 11) is -2.57. The minimum Gasteiger partial charge on any atom is -0.394 e. The molecule has 0 unspecified atom stereocenters. The van der Waals surface area contributed by atoms with Gasteiger partial charge in [0, 0.05) is 7.05 Å². The molecular weight excluding hydrogens is 295 g/mol. The van der Waals surface area contributed by atoms with Crippen molar-refractivity contribution in [2.75, 3.05) is 20.2 Å². The molecule has 7 heteroatoms. The van der Waals surface area contributed by atoms with E-state index in [1.54, 1.807) is 13.8 Å². The highest BCUT2D eigenvalue weighted by atomic mass is 32.2. The van der Waals surface area contributed by atoms with Crippen LogP contribution < -0.4 is 5.73 Å². The van der Waals surface area contributed by atoms with Crippen molar-refractivity contribution in [2.24, 2.45) is 5.73 Å². The highest BCUT2D eigenvalue weighted by Crippen LogP contribution is 2.23. The molecule has 0 aliphatic carbocycles. The number of halogens is 1. The van der Waals surface area contributed by atoms with Crippen molar-refractivity contribution in [3.05, 3.63) is 29.6 Å². The minimum atomic E-state index is -3.91. The van der Waals surface area contributed by atoms with Crippen molar-refractivity contribution in [1.29, 1.82) is 0 Å². The van der Waals surface area contributed by atoms with Gasteiger partial charge in [-0.05, 0) is 32.0 Å². The zero-order valence-electron chi connectivity index (χ0n) is 12.2. The van der Waals surface area contributed by atoms with Gasteiger partial charge >= 0.3 is 0 Å². The van der Waals surface area contributed by atoms with Crippen LogP contribution in [0, 0.1) is 17.7 Å². The molecule has 0 aliphatic rings. The highest BCUT2D eigenvalue weighted by Gasteiger charge is 2.33. The second-order valence-electron chi connectivity index (χ2n) is 5.09. The molecule has 5 nitrogen and oxygen atoms in total. The maximum Gasteiger partial charge on any atom is 0.243 e. The fraction of sp³-hybridized carbons (Fsp3) is 0.429. The predicted octanol–water partition coefficient (Wildman–Crippen LogP) is 0.527. The molecule has 0 aliphatic heterocycles. The van der Waals surface area contributed by atoms with Gasteiger partial charge in [0.2, 0.25) is 10.0 Å². The summed E-state index contributed by atoms with van der Waals surface area (Å²) in [5.41, 5.74) is 4.30. The van der Waals surface area contributed by atoms with Crippen molar-refractivity contribution >= 4 is 10.0 Å². The van der Waals surface area contributed by atoms with Crippen LogP contribution in [-0.4, -0.2) is 43.6 Å². The van der Waals surface area contributed by atoms with Crippen molar-refractivity contribution in [3.8, 4) is 11.8 Å². The monoisotopic (exact) mass is 314 g/mol. The first-order chi connectivity index (χ1) is 9.66. The maximum atomic E-state index is 13.9. The quantitative estimate of drug-likeness (QED) is 0.794. The van der Waals surface area contributed by atoms with E-state index in [9.17, 15) is 17.9 Å². The van der Waals surface area contributed by atoms with E-state index >= 15 is 0 Å². The molecule has 0 amide bonds. The molecule has 1 aromatic carbocycles. The number of aliphatic hydroxyl groups is 1. The number of rotatable bonds is 4. The van der Waals surface area contributed by atoms with E-state index in [4.69, 9.17) is 5.73 Å². The molecule has 1 rings (SSSR count). The van der Waals surface area contributed by atoms with Crippen LogP contribution >= 0.6 is 0 Å². The topological polar surface area (TPSA) is 83.6 Å². The standard InChI is InChI=1S/C14H19FN2O3S/c1-14(2,10-18)17(3)21(19,20)12-7-6-11(5-4-8-16)13(15)9-12/h6-7,9,18H,8,10,16H2,1-3H3. The summed E-state index contributed by atoms with van der Waals surface area (Å²) < 4.78 is 39.7. The SMILES string of the molecule is CN(C(C)(C)CO)S(=O)(=O)c1ccc(C#CCN)c(F)c1. The Morgan fingerprint density at radius 3 is 2.52 bits per heavy atom. The van der Waals surface area contributed by atoms with Crippen LogP contribution in [0.3, 0.4) is 0 Å². The number of benzene rings is 1. The van der Waals surface area contributed by atoms with Crippen molar-refractivity contribution in [1.82, 2.24) is 4.31 Å². The summed E-state index contributed by atoms with van der Waals surface area (Å²) in [5, 5.41) is 9.26. The van der Waals surface area contributed by atoms with Gasteiger partial charge in [-0.25, -0.2) is 12.8 Å². The summed E-state index contributed by atoms with van der Waals surface area (Å²) in [6.07, 6.45) is 0. The van der Waals surface area contributed by atoms with Gasteiger partial charge in [-0.3, -0.25) is 0 Å². The first kappa shape index (κ1) is 17.6. The molecule has 0 atom stereocenters. The van der Waals surface area contributed by atoms with Crippen LogP contribution in [0.1, 0.15) is 19.4 Å². The van der Waals surface area contributed by atoms with Crippen LogP contribution in [0.2, 0.25) is 0 Å². The van der Waals surface area contributed by atoms with Gasteiger partial charge in [0.25, 0.3) is 0 Å². The maximum absolute atomic E-state index is 13.9. The van der Waals surface area contributed by atoms with Crippen LogP contribution in [0.4, 0.5) is 4.39 Å². The molecule has 0 fully saturated rings. The van der Waals surface area contributed by atoms with Crippen LogP contribution in [0.15, 0.2) is 23.1 Å². The van der Waals surface area contributed by atoms with E-state index < -0.39 is 21.4 Å². The van der Waals surface area contributed by atoms with E-state index in [0.717, 1.165) is 10.4 Å². The fourth-order valence-corrected chi connectivity index (χ4v) is 3.00. The van der Waals surface area contributed by atoms with Crippen molar-refractivity contribution in [3.63, 3.8) is 0 Å². The molecule has 0 bridgehead atoms. The molecular formula is C14H19FN2O3S. The number of hydrogen-bond donors (Lipinski definition) is 2. The summed E-state index contributed by atoms with van der Waals surface area (Å²) in [6.45, 7) is 2.88. The zero-order chi connectivity index (χ0) is 16.3. The van der Waals surface area contributed by atoms with E-state index in [-0.39, 0.29) is 23.6 Å². The third-order valence-corrected chi connectivity index (χ3v) is 5.23. The first-order valence-corrected chi connectivity index (χ1v) is 7.69. The summed E-state index contributed by atoms with van der Waals surface area (Å²) in [6, 6.07) is 3.49. The highest BCUT2D eigenvalue weighted by molar-refractivity contribution is 7.89. The summed E-state index contributed by atoms with van der Waals surface area (Å²) in [4.78, 5) is -0.192. The van der Waals surface area contributed by atoms with Gasteiger partial charge < -0.3 is 10.8 Å². The lowest BCUT2D eigenvalue weighted by molar-refractivity contribution is 0.138. The molecule has 1 aromatic rings. The second kappa shape index (κ2) is 6.54. The largest absolute Gasteiger partial charge is 0.394 e. The predicted molar refractivity (Wildman–Crippen MR) is 78.4 cm³/mol. The Bertz CT molecular complexity index is 675. The Kier molecular flexibility index (Phi) is 5.48. The average Bonchev–Trinajstić information content (AvgIpc) is 2.44. The summed E-state index contributed by atoms with van der Waals surface area (Å²) in [5.74, 6) is 4.30. The number of nitrogens with zero attached hydrogens (tertiary/aromatic N) is 1. The fourth-order valence-electron chi connectivity index (χ4n) is 1.49. The lowest BCUT2D eigenvalue weighted by Crippen LogP contribution is -2.47. The molecule has 21 heavy (non-hydrogen) atoms. The molecule has 0 spiro atoms. The normalized spacial score (nSPS) is 12.1. The van der Waals surface area contributed by atoms with Gasteiger partial charge in [-0.2, -0.15) is 4.31 Å². The van der Waals surface area contributed by atoms with E-state index in [2.05, 4.69) is 11.8 Å². The Labute approximate surface area is 124 Å². The third kappa shape index (κ3) is 3.80. The number of nitrogens with two attached hydrogens (primary N) is 1. The zero-order valence-corrected chi connectivity index (χ0v) is 13.0.